The number of nitrogens with two attached hydrogens (primary N) is 1. The fraction of sp³-hybridized carbons (Fsp3) is 0.714. The molecule has 6 nitrogen and oxygen atoms in total. The fourth-order valence-electron chi connectivity index (χ4n) is 3.09. The van der Waals surface area contributed by atoms with Gasteiger partial charge in [0.15, 0.2) is 0 Å². The number of ether oxygens (including phenoxy) is 1. The molecule has 3 rings (SSSR count). The number of amidine groups is 1. The van der Waals surface area contributed by atoms with E-state index in [1.165, 1.54) is 0 Å². The number of carboxylic acid groups (broad SMARTS) is 1. The van der Waals surface area contributed by atoms with Gasteiger partial charge in [-0.1, -0.05) is 0 Å². The van der Waals surface area contributed by atoms with Crippen molar-refractivity contribution >= 4 is 23.6 Å². The third-order valence-electron chi connectivity index (χ3n) is 4.22. The third kappa shape index (κ3) is 3.03. The molecule has 0 aromatic heterocycles. The van der Waals surface area contributed by atoms with Gasteiger partial charge in [-0.15, -0.1) is 11.8 Å². The van der Waals surface area contributed by atoms with Crippen LogP contribution in [0.1, 0.15) is 26.2 Å². The first-order valence-corrected chi connectivity index (χ1v) is 8.20. The lowest BCUT2D eigenvalue weighted by atomic mass is 10.0. The van der Waals surface area contributed by atoms with Gasteiger partial charge < -0.3 is 20.5 Å². The average molecular weight is 311 g/mol. The van der Waals surface area contributed by atoms with Gasteiger partial charge in [0.05, 0.1) is 25.1 Å². The molecule has 3 aliphatic heterocycles. The summed E-state index contributed by atoms with van der Waals surface area (Å²) in [5.41, 5.74) is 6.06. The molecule has 2 fully saturated rings. The van der Waals surface area contributed by atoms with Crippen LogP contribution in [0, 0.1) is 0 Å². The van der Waals surface area contributed by atoms with Gasteiger partial charge in [-0.2, -0.15) is 0 Å². The molecule has 3 aliphatic rings. The highest BCUT2D eigenvalue weighted by Gasteiger charge is 2.42. The van der Waals surface area contributed by atoms with Gasteiger partial charge in [-0.25, -0.2) is 4.79 Å². The number of nitrogens with zero attached hydrogens (tertiary/aromatic N) is 2. The molecule has 2 saturated heterocycles. The van der Waals surface area contributed by atoms with E-state index >= 15 is 0 Å². The van der Waals surface area contributed by atoms with E-state index in [9.17, 15) is 9.90 Å². The first-order valence-electron chi connectivity index (χ1n) is 7.32. The van der Waals surface area contributed by atoms with Crippen LogP contribution < -0.4 is 5.73 Å². The Morgan fingerprint density at radius 3 is 3.05 bits per heavy atom. The van der Waals surface area contributed by atoms with E-state index in [1.807, 2.05) is 4.90 Å². The molecule has 3 heterocycles. The first kappa shape index (κ1) is 14.7. The van der Waals surface area contributed by atoms with E-state index in [1.54, 1.807) is 18.7 Å². The Bertz CT molecular complexity index is 502. The predicted molar refractivity (Wildman–Crippen MR) is 82.3 cm³/mol. The number of carbonyl (C=O) groups is 1. The number of aliphatic imine (C=N–C) groups is 1. The molecule has 21 heavy (non-hydrogen) atoms. The summed E-state index contributed by atoms with van der Waals surface area (Å²) >= 11 is 1.69. The lowest BCUT2D eigenvalue weighted by molar-refractivity contribution is -0.135. The van der Waals surface area contributed by atoms with E-state index in [4.69, 9.17) is 10.5 Å². The summed E-state index contributed by atoms with van der Waals surface area (Å²) in [7, 11) is 0. The Morgan fingerprint density at radius 2 is 2.43 bits per heavy atom. The predicted octanol–water partition coefficient (Wildman–Crippen LogP) is 1.03. The van der Waals surface area contributed by atoms with Crippen molar-refractivity contribution in [3.63, 3.8) is 0 Å². The Hall–Kier alpha value is -1.21. The summed E-state index contributed by atoms with van der Waals surface area (Å²) < 4.78 is 5.72. The molecule has 0 bridgehead atoms. The van der Waals surface area contributed by atoms with Crippen molar-refractivity contribution in [2.45, 2.75) is 43.6 Å². The number of aliphatic carboxylic acids is 1. The van der Waals surface area contributed by atoms with Crippen LogP contribution in [-0.2, 0) is 9.53 Å². The van der Waals surface area contributed by atoms with Crippen LogP contribution in [0.3, 0.4) is 0 Å². The maximum atomic E-state index is 11.4. The molecule has 0 spiro atoms. The number of fused-ring (bicyclic) bond motifs is 1. The van der Waals surface area contributed by atoms with Gasteiger partial charge in [0.25, 0.3) is 0 Å². The van der Waals surface area contributed by atoms with Crippen molar-refractivity contribution in [2.75, 3.05) is 19.7 Å². The molecule has 116 valence electrons. The molecule has 0 aromatic rings. The molecule has 0 radical (unpaired) electrons. The van der Waals surface area contributed by atoms with Crippen molar-refractivity contribution in [3.8, 4) is 0 Å². The SMILES string of the molecule is CC(N)=NCC1CC(SC2=C(C(=O)O)N3CCC3C2)CO1. The highest BCUT2D eigenvalue weighted by molar-refractivity contribution is 8.03. The maximum Gasteiger partial charge on any atom is 0.353 e. The third-order valence-corrected chi connectivity index (χ3v) is 5.52. The normalized spacial score (nSPS) is 32.3. The number of carboxylic acids is 1. The van der Waals surface area contributed by atoms with Gasteiger partial charge in [-0.05, 0) is 19.8 Å². The molecule has 3 unspecified atom stereocenters. The summed E-state index contributed by atoms with van der Waals surface area (Å²) in [5, 5.41) is 9.73. The molecule has 0 saturated carbocycles. The highest BCUT2D eigenvalue weighted by Crippen LogP contribution is 2.45. The van der Waals surface area contributed by atoms with Crippen molar-refractivity contribution in [1.82, 2.24) is 4.90 Å². The zero-order valence-corrected chi connectivity index (χ0v) is 12.9. The van der Waals surface area contributed by atoms with Crippen molar-refractivity contribution in [1.29, 1.82) is 0 Å². The van der Waals surface area contributed by atoms with E-state index in [0.717, 1.165) is 30.7 Å². The van der Waals surface area contributed by atoms with Gasteiger partial charge in [0.2, 0.25) is 0 Å². The Labute approximate surface area is 128 Å². The topological polar surface area (TPSA) is 88.1 Å². The highest BCUT2D eigenvalue weighted by atomic mass is 32.2. The standard InChI is InChI=1S/C14H21N3O3S/c1-8(15)16-6-10-5-11(7-20-10)21-12-4-9-2-3-17(9)13(12)14(18)19/h9-11H,2-7H2,1H3,(H2,15,16)(H,18,19). The van der Waals surface area contributed by atoms with E-state index < -0.39 is 5.97 Å². The van der Waals surface area contributed by atoms with Crippen LogP contribution in [0.2, 0.25) is 0 Å². The van der Waals surface area contributed by atoms with Crippen LogP contribution in [0.4, 0.5) is 0 Å². The fourth-order valence-corrected chi connectivity index (χ4v) is 4.56. The second kappa shape index (κ2) is 5.88. The number of hydrogen-bond acceptors (Lipinski definition) is 5. The van der Waals surface area contributed by atoms with Crippen LogP contribution in [0.15, 0.2) is 15.6 Å². The summed E-state index contributed by atoms with van der Waals surface area (Å²) in [4.78, 5) is 18.7. The quantitative estimate of drug-likeness (QED) is 0.582. The smallest absolute Gasteiger partial charge is 0.353 e. The second-order valence-electron chi connectivity index (χ2n) is 5.83. The van der Waals surface area contributed by atoms with Crippen molar-refractivity contribution < 1.29 is 14.6 Å². The van der Waals surface area contributed by atoms with E-state index in [-0.39, 0.29) is 6.10 Å². The summed E-state index contributed by atoms with van der Waals surface area (Å²) in [6.07, 6.45) is 3.00. The Balaban J connectivity index is 1.59. The summed E-state index contributed by atoms with van der Waals surface area (Å²) in [5.74, 6) is -0.218. The van der Waals surface area contributed by atoms with Crippen molar-refractivity contribution in [2.24, 2.45) is 10.7 Å². The monoisotopic (exact) mass is 311 g/mol. The van der Waals surface area contributed by atoms with Crippen molar-refractivity contribution in [3.05, 3.63) is 10.6 Å². The number of hydrogen-bond donors (Lipinski definition) is 2. The molecule has 7 heteroatoms. The molecule has 0 aliphatic carbocycles. The molecular formula is C14H21N3O3S. The minimum Gasteiger partial charge on any atom is -0.477 e. The minimum absolute atomic E-state index is 0.105. The molecule has 0 amide bonds. The van der Waals surface area contributed by atoms with Crippen LogP contribution in [0.5, 0.6) is 0 Å². The summed E-state index contributed by atoms with van der Waals surface area (Å²) in [6, 6.07) is 0.418. The van der Waals surface area contributed by atoms with Gasteiger partial charge in [-0.3, -0.25) is 4.99 Å². The maximum absolute atomic E-state index is 11.4. The summed E-state index contributed by atoms with van der Waals surface area (Å²) in [6.45, 7) is 3.91. The van der Waals surface area contributed by atoms with E-state index in [0.29, 0.717) is 36.0 Å². The van der Waals surface area contributed by atoms with Crippen LogP contribution in [0.25, 0.3) is 0 Å². The average Bonchev–Trinajstić information content (AvgIpc) is 2.93. The molecule has 3 atom stereocenters. The lowest BCUT2D eigenvalue weighted by Gasteiger charge is -2.37. The second-order valence-corrected chi connectivity index (χ2v) is 7.23. The van der Waals surface area contributed by atoms with Gasteiger partial charge >= 0.3 is 5.97 Å². The number of rotatable bonds is 5. The Kier molecular flexibility index (Phi) is 4.12. The Morgan fingerprint density at radius 1 is 1.62 bits per heavy atom. The molecule has 0 aromatic carbocycles. The zero-order chi connectivity index (χ0) is 15.0. The van der Waals surface area contributed by atoms with Gasteiger partial charge in [0.1, 0.15) is 5.70 Å². The lowest BCUT2D eigenvalue weighted by Crippen LogP contribution is -2.44. The van der Waals surface area contributed by atoms with Crippen LogP contribution >= 0.6 is 11.8 Å². The van der Waals surface area contributed by atoms with Gasteiger partial charge in [0, 0.05) is 29.2 Å². The molecule has 3 N–H and O–H groups in total. The largest absolute Gasteiger partial charge is 0.477 e. The van der Waals surface area contributed by atoms with E-state index in [2.05, 4.69) is 4.99 Å². The van der Waals surface area contributed by atoms with Crippen LogP contribution in [-0.4, -0.2) is 58.9 Å². The molecular weight excluding hydrogens is 290 g/mol. The zero-order valence-electron chi connectivity index (χ0n) is 12.1. The first-order chi connectivity index (χ1) is 10.0. The number of thioether (sulfide) groups is 1. The minimum atomic E-state index is -0.793.